The molecule has 0 saturated heterocycles. The van der Waals surface area contributed by atoms with Gasteiger partial charge in [-0.3, -0.25) is 4.79 Å². The molecule has 4 aromatic rings. The van der Waals surface area contributed by atoms with Crippen molar-refractivity contribution in [1.29, 1.82) is 0 Å². The summed E-state index contributed by atoms with van der Waals surface area (Å²) in [4.78, 5) is 12.8. The van der Waals surface area contributed by atoms with Gasteiger partial charge in [-0.15, -0.1) is 0 Å². The van der Waals surface area contributed by atoms with E-state index in [0.717, 1.165) is 34.4 Å². The molecule has 0 aliphatic rings. The van der Waals surface area contributed by atoms with E-state index in [0.29, 0.717) is 0 Å². The zero-order valence-electron chi connectivity index (χ0n) is 16.6. The van der Waals surface area contributed by atoms with Crippen molar-refractivity contribution in [1.82, 2.24) is 4.57 Å². The maximum absolute atomic E-state index is 12.8. The second-order valence-electron chi connectivity index (χ2n) is 7.16. The Morgan fingerprint density at radius 1 is 0.897 bits per heavy atom. The van der Waals surface area contributed by atoms with Crippen molar-refractivity contribution in [3.63, 3.8) is 0 Å². The predicted molar refractivity (Wildman–Crippen MR) is 112 cm³/mol. The van der Waals surface area contributed by atoms with Gasteiger partial charge in [0.15, 0.2) is 17.6 Å². The van der Waals surface area contributed by atoms with E-state index in [1.54, 1.807) is 0 Å². The molecule has 0 spiro atoms. The summed E-state index contributed by atoms with van der Waals surface area (Å²) >= 11 is 0. The number of fused-ring (bicyclic) bond motifs is 1. The third-order valence-electron chi connectivity index (χ3n) is 5.03. The Kier molecular flexibility index (Phi) is 6.69. The van der Waals surface area contributed by atoms with Crippen LogP contribution in [0.3, 0.4) is 0 Å². The zero-order valence-corrected chi connectivity index (χ0v) is 18.8. The summed E-state index contributed by atoms with van der Waals surface area (Å²) in [5.41, 5.74) is 6.45. The molecule has 1 heterocycles. The SMILES string of the molecule is Cc1cccc(C)c1NC(=O)Cn1c[n+](Cc2ccccc2)c2ccccc21.[I-]. The Morgan fingerprint density at radius 2 is 1.55 bits per heavy atom. The smallest absolute Gasteiger partial charge is 0.266 e. The van der Waals surface area contributed by atoms with E-state index in [9.17, 15) is 4.79 Å². The molecule has 0 atom stereocenters. The number of aromatic nitrogens is 2. The van der Waals surface area contributed by atoms with Crippen LogP contribution in [-0.2, 0) is 17.9 Å². The molecule has 4 nitrogen and oxygen atoms in total. The lowest BCUT2D eigenvalue weighted by Gasteiger charge is -2.10. The van der Waals surface area contributed by atoms with Crippen molar-refractivity contribution in [2.75, 3.05) is 5.32 Å². The minimum atomic E-state index is -0.0231. The van der Waals surface area contributed by atoms with Crippen LogP contribution in [0.4, 0.5) is 5.69 Å². The van der Waals surface area contributed by atoms with Crippen molar-refractivity contribution in [3.8, 4) is 0 Å². The minimum absolute atomic E-state index is 0. The van der Waals surface area contributed by atoms with Crippen molar-refractivity contribution in [2.24, 2.45) is 0 Å². The van der Waals surface area contributed by atoms with Crippen LogP contribution in [0.5, 0.6) is 0 Å². The van der Waals surface area contributed by atoms with Gasteiger partial charge in [0, 0.05) is 5.69 Å². The molecular formula is C24H24IN3O. The highest BCUT2D eigenvalue weighted by molar-refractivity contribution is 5.92. The molecule has 0 radical (unpaired) electrons. The molecule has 3 aromatic carbocycles. The first kappa shape index (κ1) is 21.0. The number of imidazole rings is 1. The molecule has 4 rings (SSSR count). The summed E-state index contributed by atoms with van der Waals surface area (Å²) in [5.74, 6) is -0.0231. The van der Waals surface area contributed by atoms with Gasteiger partial charge in [0.1, 0.15) is 6.54 Å². The molecule has 0 aliphatic carbocycles. The molecule has 148 valence electrons. The van der Waals surface area contributed by atoms with Gasteiger partial charge in [0.05, 0.1) is 0 Å². The van der Waals surface area contributed by atoms with Crippen molar-refractivity contribution >= 4 is 22.6 Å². The Labute approximate surface area is 188 Å². The number of benzene rings is 3. The van der Waals surface area contributed by atoms with E-state index in [1.165, 1.54) is 5.56 Å². The van der Waals surface area contributed by atoms with Gasteiger partial charge in [-0.05, 0) is 42.7 Å². The third-order valence-corrected chi connectivity index (χ3v) is 5.03. The van der Waals surface area contributed by atoms with Crippen LogP contribution in [0.1, 0.15) is 16.7 Å². The first-order chi connectivity index (χ1) is 13.6. The molecule has 0 saturated carbocycles. The summed E-state index contributed by atoms with van der Waals surface area (Å²) in [6, 6.07) is 24.6. The number of carbonyl (C=O) groups excluding carboxylic acids is 1. The van der Waals surface area contributed by atoms with Crippen LogP contribution in [0, 0.1) is 13.8 Å². The standard InChI is InChI=1S/C24H23N3O.HI/c1-18-9-8-10-19(2)24(18)25-23(28)16-27-17-26(15-20-11-4-3-5-12-20)21-13-6-7-14-22(21)27;/h3-14,17H,15-16H2,1-2H3;1H. The van der Waals surface area contributed by atoms with E-state index in [2.05, 4.69) is 34.1 Å². The van der Waals surface area contributed by atoms with Crippen LogP contribution < -0.4 is 33.9 Å². The molecule has 0 aliphatic heterocycles. The van der Waals surface area contributed by atoms with Gasteiger partial charge < -0.3 is 29.3 Å². The number of nitrogens with zero attached hydrogens (tertiary/aromatic N) is 2. The number of hydrogen-bond acceptors (Lipinski definition) is 1. The minimum Gasteiger partial charge on any atom is -1.00 e. The molecular weight excluding hydrogens is 473 g/mol. The van der Waals surface area contributed by atoms with E-state index in [1.807, 2.05) is 73.3 Å². The molecule has 1 N–H and O–H groups in total. The Balaban J connectivity index is 0.00000240. The van der Waals surface area contributed by atoms with E-state index >= 15 is 0 Å². The molecule has 0 fully saturated rings. The maximum Gasteiger partial charge on any atom is 0.266 e. The highest BCUT2D eigenvalue weighted by atomic mass is 127. The number of hydrogen-bond donors (Lipinski definition) is 1. The van der Waals surface area contributed by atoms with Crippen LogP contribution >= 0.6 is 0 Å². The molecule has 1 amide bonds. The molecule has 0 bridgehead atoms. The molecule has 0 unspecified atom stereocenters. The largest absolute Gasteiger partial charge is 1.00 e. The topological polar surface area (TPSA) is 37.9 Å². The Morgan fingerprint density at radius 3 is 2.28 bits per heavy atom. The monoisotopic (exact) mass is 497 g/mol. The maximum atomic E-state index is 12.8. The number of aryl methyl sites for hydroxylation is 2. The lowest BCUT2D eigenvalue weighted by atomic mass is 10.1. The van der Waals surface area contributed by atoms with Gasteiger partial charge in [-0.2, -0.15) is 0 Å². The summed E-state index contributed by atoms with van der Waals surface area (Å²) in [7, 11) is 0. The number of amides is 1. The number of rotatable bonds is 5. The van der Waals surface area contributed by atoms with Gasteiger partial charge in [-0.1, -0.05) is 60.7 Å². The lowest BCUT2D eigenvalue weighted by Crippen LogP contribution is -3.00. The Hall–Kier alpha value is -2.67. The van der Waals surface area contributed by atoms with Gasteiger partial charge in [0.25, 0.3) is 5.91 Å². The number of halogens is 1. The highest BCUT2D eigenvalue weighted by Gasteiger charge is 2.18. The zero-order chi connectivity index (χ0) is 19.5. The number of para-hydroxylation sites is 3. The third kappa shape index (κ3) is 4.67. The number of anilines is 1. The molecule has 1 aromatic heterocycles. The first-order valence-corrected chi connectivity index (χ1v) is 9.49. The average Bonchev–Trinajstić information content (AvgIpc) is 3.03. The van der Waals surface area contributed by atoms with Crippen molar-refractivity contribution < 1.29 is 33.3 Å². The van der Waals surface area contributed by atoms with Crippen molar-refractivity contribution in [2.45, 2.75) is 26.9 Å². The summed E-state index contributed by atoms with van der Waals surface area (Å²) in [5, 5.41) is 3.08. The summed E-state index contributed by atoms with van der Waals surface area (Å²) in [6.45, 7) is 5.08. The van der Waals surface area contributed by atoms with Crippen LogP contribution in [-0.4, -0.2) is 10.5 Å². The Bertz CT molecular complexity index is 1120. The van der Waals surface area contributed by atoms with Gasteiger partial charge >= 0.3 is 0 Å². The fourth-order valence-electron chi connectivity index (χ4n) is 3.62. The lowest BCUT2D eigenvalue weighted by molar-refractivity contribution is -0.663. The first-order valence-electron chi connectivity index (χ1n) is 9.49. The van der Waals surface area contributed by atoms with E-state index in [-0.39, 0.29) is 36.4 Å². The molecule has 5 heteroatoms. The van der Waals surface area contributed by atoms with Crippen LogP contribution in [0.15, 0.2) is 79.1 Å². The average molecular weight is 497 g/mol. The number of nitrogens with one attached hydrogen (secondary N) is 1. The summed E-state index contributed by atoms with van der Waals surface area (Å²) < 4.78 is 4.21. The van der Waals surface area contributed by atoms with Crippen LogP contribution in [0.2, 0.25) is 0 Å². The second-order valence-corrected chi connectivity index (χ2v) is 7.16. The fourth-order valence-corrected chi connectivity index (χ4v) is 3.62. The van der Waals surface area contributed by atoms with Gasteiger partial charge in [0.2, 0.25) is 6.33 Å². The highest BCUT2D eigenvalue weighted by Crippen LogP contribution is 2.20. The quantitative estimate of drug-likeness (QED) is 0.327. The van der Waals surface area contributed by atoms with Crippen molar-refractivity contribution in [3.05, 3.63) is 95.8 Å². The predicted octanol–water partition coefficient (Wildman–Crippen LogP) is 1.24. The van der Waals surface area contributed by atoms with E-state index in [4.69, 9.17) is 0 Å². The van der Waals surface area contributed by atoms with Crippen LogP contribution in [0.25, 0.3) is 11.0 Å². The van der Waals surface area contributed by atoms with E-state index < -0.39 is 0 Å². The molecule has 29 heavy (non-hydrogen) atoms. The number of carbonyl (C=O) groups is 1. The summed E-state index contributed by atoms with van der Waals surface area (Å²) in [6.07, 6.45) is 2.03. The normalized spacial score (nSPS) is 10.6. The van der Waals surface area contributed by atoms with Gasteiger partial charge in [-0.25, -0.2) is 9.13 Å². The fraction of sp³-hybridized carbons (Fsp3) is 0.167. The second kappa shape index (κ2) is 9.22.